The second-order valence-corrected chi connectivity index (χ2v) is 4.12. The van der Waals surface area contributed by atoms with E-state index in [2.05, 4.69) is 23.4 Å². The van der Waals surface area contributed by atoms with Gasteiger partial charge < -0.3 is 5.32 Å². The number of fused-ring (bicyclic) bond motifs is 1. The molecular weight excluding hydrogens is 198 g/mol. The Hall–Kier alpha value is -1.75. The van der Waals surface area contributed by atoms with E-state index in [4.69, 9.17) is 6.42 Å². The first-order valence-electron chi connectivity index (χ1n) is 5.59. The summed E-state index contributed by atoms with van der Waals surface area (Å²) in [6.07, 6.45) is 7.46. The first-order valence-corrected chi connectivity index (χ1v) is 5.59. The lowest BCUT2D eigenvalue weighted by Crippen LogP contribution is -2.31. The van der Waals surface area contributed by atoms with Crippen molar-refractivity contribution in [3.63, 3.8) is 0 Å². The van der Waals surface area contributed by atoms with Crippen molar-refractivity contribution < 1.29 is 4.79 Å². The number of carbonyl (C=O) groups excluding carboxylic acids is 1. The van der Waals surface area contributed by atoms with Crippen LogP contribution in [-0.4, -0.2) is 12.5 Å². The second kappa shape index (κ2) is 4.85. The highest BCUT2D eigenvalue weighted by Gasteiger charge is 2.26. The lowest BCUT2D eigenvalue weighted by Gasteiger charge is -2.08. The fourth-order valence-electron chi connectivity index (χ4n) is 2.15. The smallest absolute Gasteiger partial charge is 0.223 e. The number of hydrogen-bond acceptors (Lipinski definition) is 1. The minimum Gasteiger partial charge on any atom is -0.355 e. The van der Waals surface area contributed by atoms with Gasteiger partial charge in [-0.15, -0.1) is 12.3 Å². The van der Waals surface area contributed by atoms with Crippen LogP contribution < -0.4 is 5.32 Å². The zero-order valence-corrected chi connectivity index (χ0v) is 9.20. The zero-order chi connectivity index (χ0) is 11.4. The molecule has 16 heavy (non-hydrogen) atoms. The summed E-state index contributed by atoms with van der Waals surface area (Å²) in [5.74, 6) is 2.74. The largest absolute Gasteiger partial charge is 0.355 e. The van der Waals surface area contributed by atoms with Gasteiger partial charge in [0.05, 0.1) is 0 Å². The van der Waals surface area contributed by atoms with Gasteiger partial charge in [0.2, 0.25) is 5.91 Å². The molecule has 0 aromatic heterocycles. The van der Waals surface area contributed by atoms with Crippen LogP contribution in [0, 0.1) is 18.3 Å². The molecule has 0 unspecified atom stereocenters. The molecular formula is C14H15NO. The van der Waals surface area contributed by atoms with Gasteiger partial charge in [-0.1, -0.05) is 24.3 Å². The fourth-order valence-corrected chi connectivity index (χ4v) is 2.15. The van der Waals surface area contributed by atoms with Crippen molar-refractivity contribution in [3.8, 4) is 12.3 Å². The molecule has 1 amide bonds. The third-order valence-electron chi connectivity index (χ3n) is 2.99. The average Bonchev–Trinajstić information content (AvgIpc) is 2.73. The Bertz CT molecular complexity index is 406. The topological polar surface area (TPSA) is 29.1 Å². The quantitative estimate of drug-likeness (QED) is 0.599. The predicted molar refractivity (Wildman–Crippen MR) is 63.8 cm³/mol. The van der Waals surface area contributed by atoms with Gasteiger partial charge in [0.1, 0.15) is 0 Å². The molecule has 0 saturated carbocycles. The van der Waals surface area contributed by atoms with E-state index in [1.54, 1.807) is 0 Å². The van der Waals surface area contributed by atoms with E-state index < -0.39 is 0 Å². The summed E-state index contributed by atoms with van der Waals surface area (Å²) < 4.78 is 0. The number of nitrogens with one attached hydrogen (secondary N) is 1. The van der Waals surface area contributed by atoms with E-state index >= 15 is 0 Å². The molecule has 0 atom stereocenters. The Morgan fingerprint density at radius 2 is 2.00 bits per heavy atom. The monoisotopic (exact) mass is 213 g/mol. The number of terminal acetylenes is 1. The molecule has 1 aliphatic carbocycles. The normalized spacial score (nSPS) is 14.2. The molecule has 0 spiro atoms. The average molecular weight is 213 g/mol. The van der Waals surface area contributed by atoms with Crippen LogP contribution >= 0.6 is 0 Å². The standard InChI is InChI=1S/C14H15NO/c1-2-3-8-15-14(16)13-9-11-6-4-5-7-12(11)10-13/h1,4-7,13H,3,8-10H2,(H,15,16). The van der Waals surface area contributed by atoms with Gasteiger partial charge in [0, 0.05) is 18.9 Å². The van der Waals surface area contributed by atoms with E-state index in [0.717, 1.165) is 12.8 Å². The molecule has 0 saturated heterocycles. The van der Waals surface area contributed by atoms with Crippen LogP contribution in [0.15, 0.2) is 24.3 Å². The van der Waals surface area contributed by atoms with E-state index in [0.29, 0.717) is 13.0 Å². The molecule has 2 rings (SSSR count). The summed E-state index contributed by atoms with van der Waals surface area (Å²) in [5, 5.41) is 2.88. The first-order chi connectivity index (χ1) is 7.81. The van der Waals surface area contributed by atoms with Gasteiger partial charge in [0.25, 0.3) is 0 Å². The van der Waals surface area contributed by atoms with Gasteiger partial charge in [0.15, 0.2) is 0 Å². The van der Waals surface area contributed by atoms with E-state index in [1.807, 2.05) is 12.1 Å². The van der Waals surface area contributed by atoms with Gasteiger partial charge in [-0.3, -0.25) is 4.79 Å². The molecule has 0 fully saturated rings. The van der Waals surface area contributed by atoms with E-state index in [-0.39, 0.29) is 11.8 Å². The molecule has 2 nitrogen and oxygen atoms in total. The highest BCUT2D eigenvalue weighted by atomic mass is 16.1. The van der Waals surface area contributed by atoms with Crippen LogP contribution in [0.25, 0.3) is 0 Å². The van der Waals surface area contributed by atoms with E-state index in [9.17, 15) is 4.79 Å². The first kappa shape index (κ1) is 10.8. The molecule has 1 N–H and O–H groups in total. The van der Waals surface area contributed by atoms with Crippen LogP contribution in [0.4, 0.5) is 0 Å². The van der Waals surface area contributed by atoms with Crippen LogP contribution in [-0.2, 0) is 17.6 Å². The fraction of sp³-hybridized carbons (Fsp3) is 0.357. The summed E-state index contributed by atoms with van der Waals surface area (Å²) in [6, 6.07) is 8.25. The van der Waals surface area contributed by atoms with Gasteiger partial charge in [-0.25, -0.2) is 0 Å². The molecule has 0 bridgehead atoms. The number of hydrogen-bond donors (Lipinski definition) is 1. The van der Waals surface area contributed by atoms with Crippen LogP contribution in [0.5, 0.6) is 0 Å². The minimum absolute atomic E-state index is 0.0928. The van der Waals surface area contributed by atoms with Gasteiger partial charge in [-0.2, -0.15) is 0 Å². The van der Waals surface area contributed by atoms with Crippen molar-refractivity contribution in [2.45, 2.75) is 19.3 Å². The van der Waals surface area contributed by atoms with Crippen molar-refractivity contribution in [1.82, 2.24) is 5.32 Å². The van der Waals surface area contributed by atoms with Crippen LogP contribution in [0.2, 0.25) is 0 Å². The van der Waals surface area contributed by atoms with Crippen molar-refractivity contribution in [2.24, 2.45) is 5.92 Å². The molecule has 0 aliphatic heterocycles. The number of rotatable bonds is 3. The summed E-state index contributed by atoms with van der Waals surface area (Å²) >= 11 is 0. The second-order valence-electron chi connectivity index (χ2n) is 4.12. The van der Waals surface area contributed by atoms with E-state index in [1.165, 1.54) is 11.1 Å². The predicted octanol–water partition coefficient (Wildman–Crippen LogP) is 1.54. The third-order valence-corrected chi connectivity index (χ3v) is 2.99. The number of carbonyl (C=O) groups is 1. The Labute approximate surface area is 96.1 Å². The Balaban J connectivity index is 1.91. The summed E-state index contributed by atoms with van der Waals surface area (Å²) in [6.45, 7) is 0.585. The zero-order valence-electron chi connectivity index (χ0n) is 9.20. The Morgan fingerprint density at radius 1 is 1.38 bits per heavy atom. The minimum atomic E-state index is 0.0928. The van der Waals surface area contributed by atoms with Crippen molar-refractivity contribution >= 4 is 5.91 Å². The molecule has 1 aliphatic rings. The summed E-state index contributed by atoms with van der Waals surface area (Å²) in [4.78, 5) is 11.8. The maximum atomic E-state index is 11.8. The number of amides is 1. The van der Waals surface area contributed by atoms with Gasteiger partial charge >= 0.3 is 0 Å². The maximum Gasteiger partial charge on any atom is 0.223 e. The molecule has 1 aromatic rings. The van der Waals surface area contributed by atoms with Crippen molar-refractivity contribution in [2.75, 3.05) is 6.54 Å². The number of benzene rings is 1. The lowest BCUT2D eigenvalue weighted by atomic mass is 10.1. The van der Waals surface area contributed by atoms with Crippen LogP contribution in [0.3, 0.4) is 0 Å². The molecule has 0 heterocycles. The highest BCUT2D eigenvalue weighted by molar-refractivity contribution is 5.80. The highest BCUT2D eigenvalue weighted by Crippen LogP contribution is 2.26. The van der Waals surface area contributed by atoms with Crippen molar-refractivity contribution in [3.05, 3.63) is 35.4 Å². The maximum absolute atomic E-state index is 11.8. The summed E-state index contributed by atoms with van der Waals surface area (Å²) in [7, 11) is 0. The Kier molecular flexibility index (Phi) is 3.26. The van der Waals surface area contributed by atoms with Crippen LogP contribution in [0.1, 0.15) is 17.5 Å². The summed E-state index contributed by atoms with van der Waals surface area (Å²) in [5.41, 5.74) is 2.61. The third kappa shape index (κ3) is 2.25. The molecule has 1 aromatic carbocycles. The molecule has 82 valence electrons. The SMILES string of the molecule is C#CCCNC(=O)C1Cc2ccccc2C1. The lowest BCUT2D eigenvalue weighted by molar-refractivity contribution is -0.124. The van der Waals surface area contributed by atoms with Gasteiger partial charge in [-0.05, 0) is 24.0 Å². The Morgan fingerprint density at radius 3 is 2.56 bits per heavy atom. The molecule has 2 heteroatoms. The molecule has 0 radical (unpaired) electrons. The van der Waals surface area contributed by atoms with Crippen molar-refractivity contribution in [1.29, 1.82) is 0 Å².